The normalized spacial score (nSPS) is 28.5. The highest BCUT2D eigenvalue weighted by atomic mass is 35.5. The van der Waals surface area contributed by atoms with Gasteiger partial charge < -0.3 is 19.9 Å². The van der Waals surface area contributed by atoms with E-state index in [4.69, 9.17) is 4.74 Å². The van der Waals surface area contributed by atoms with E-state index in [0.29, 0.717) is 23.4 Å². The quantitative estimate of drug-likeness (QED) is 0.788. The van der Waals surface area contributed by atoms with Crippen molar-refractivity contribution in [3.05, 3.63) is 29.8 Å². The smallest absolute Gasteiger partial charge is 0.260 e. The number of ether oxygens (including phenoxy) is 1. The van der Waals surface area contributed by atoms with Gasteiger partial charge in [0.1, 0.15) is 5.75 Å². The highest BCUT2D eigenvalue weighted by Gasteiger charge is 2.31. The third-order valence-electron chi connectivity index (χ3n) is 6.76. The number of rotatable bonds is 4. The van der Waals surface area contributed by atoms with Gasteiger partial charge in [0.15, 0.2) is 6.61 Å². The lowest BCUT2D eigenvalue weighted by Crippen LogP contribution is -2.49. The summed E-state index contributed by atoms with van der Waals surface area (Å²) >= 11 is 0. The molecule has 2 amide bonds. The summed E-state index contributed by atoms with van der Waals surface area (Å²) in [6, 6.07) is 8.75. The Balaban J connectivity index is 0.00000256. The van der Waals surface area contributed by atoms with Gasteiger partial charge in [-0.15, -0.1) is 12.4 Å². The van der Waals surface area contributed by atoms with Crippen LogP contribution < -0.4 is 10.1 Å². The molecule has 2 bridgehead atoms. The largest absolute Gasteiger partial charge is 0.484 e. The zero-order valence-electron chi connectivity index (χ0n) is 18.0. The van der Waals surface area contributed by atoms with Crippen molar-refractivity contribution in [1.29, 1.82) is 0 Å². The summed E-state index contributed by atoms with van der Waals surface area (Å²) in [5, 5.41) is 3.61. The Hall–Kier alpha value is -1.79. The Morgan fingerprint density at radius 2 is 1.67 bits per heavy atom. The summed E-state index contributed by atoms with van der Waals surface area (Å²) in [7, 11) is 0. The van der Waals surface area contributed by atoms with E-state index in [1.807, 2.05) is 21.9 Å². The second-order valence-electron chi connectivity index (χ2n) is 8.92. The maximum absolute atomic E-state index is 12.9. The van der Waals surface area contributed by atoms with E-state index in [-0.39, 0.29) is 42.9 Å². The molecule has 166 valence electrons. The van der Waals surface area contributed by atoms with Crippen LogP contribution in [0.25, 0.3) is 0 Å². The molecule has 3 aliphatic heterocycles. The predicted octanol–water partition coefficient (Wildman–Crippen LogP) is 3.24. The maximum Gasteiger partial charge on any atom is 0.260 e. The van der Waals surface area contributed by atoms with Gasteiger partial charge in [-0.2, -0.15) is 0 Å². The molecule has 4 atom stereocenters. The van der Waals surface area contributed by atoms with Crippen LogP contribution in [0.15, 0.2) is 24.3 Å². The van der Waals surface area contributed by atoms with Crippen molar-refractivity contribution in [3.8, 4) is 5.75 Å². The first kappa shape index (κ1) is 22.9. The van der Waals surface area contributed by atoms with Gasteiger partial charge in [-0.05, 0) is 76.6 Å². The van der Waals surface area contributed by atoms with E-state index in [2.05, 4.69) is 19.2 Å². The van der Waals surface area contributed by atoms with Gasteiger partial charge >= 0.3 is 0 Å². The highest BCUT2D eigenvalue weighted by Crippen LogP contribution is 2.24. The maximum atomic E-state index is 12.9. The minimum absolute atomic E-state index is 0. The summed E-state index contributed by atoms with van der Waals surface area (Å²) in [5.41, 5.74) is 0.680. The van der Waals surface area contributed by atoms with Crippen molar-refractivity contribution in [1.82, 2.24) is 15.1 Å². The van der Waals surface area contributed by atoms with E-state index < -0.39 is 0 Å². The number of fused-ring (bicyclic) bond motifs is 2. The second kappa shape index (κ2) is 10.0. The molecule has 3 fully saturated rings. The third-order valence-corrected chi connectivity index (χ3v) is 6.76. The van der Waals surface area contributed by atoms with E-state index in [0.717, 1.165) is 38.8 Å². The van der Waals surface area contributed by atoms with Crippen molar-refractivity contribution in [2.75, 3.05) is 19.7 Å². The zero-order valence-corrected chi connectivity index (χ0v) is 18.8. The van der Waals surface area contributed by atoms with Crippen molar-refractivity contribution in [2.24, 2.45) is 0 Å². The van der Waals surface area contributed by atoms with Crippen LogP contribution in [0, 0.1) is 0 Å². The van der Waals surface area contributed by atoms with E-state index in [9.17, 15) is 9.59 Å². The molecule has 3 saturated heterocycles. The minimum Gasteiger partial charge on any atom is -0.484 e. The zero-order chi connectivity index (χ0) is 20.4. The number of nitrogens with one attached hydrogen (secondary N) is 1. The molecule has 3 heterocycles. The summed E-state index contributed by atoms with van der Waals surface area (Å²) in [6.07, 6.45) is 6.70. The minimum atomic E-state index is 0. The molecule has 0 aliphatic carbocycles. The lowest BCUT2D eigenvalue weighted by Gasteiger charge is -2.38. The van der Waals surface area contributed by atoms with E-state index in [1.54, 1.807) is 12.1 Å². The predicted molar refractivity (Wildman–Crippen MR) is 119 cm³/mol. The number of hydrogen-bond acceptors (Lipinski definition) is 4. The molecular weight excluding hydrogens is 402 g/mol. The molecule has 6 nitrogen and oxygen atoms in total. The first-order chi connectivity index (χ1) is 14.0. The molecule has 0 saturated carbocycles. The van der Waals surface area contributed by atoms with Gasteiger partial charge in [0.2, 0.25) is 0 Å². The van der Waals surface area contributed by atoms with Crippen LogP contribution in [0.2, 0.25) is 0 Å². The molecule has 0 aromatic heterocycles. The monoisotopic (exact) mass is 435 g/mol. The SMILES string of the molecule is CC1CCCC(C)N1C(=O)COc1ccc(C(=O)N2CCC3CCC(C2)N3)cc1.Cl. The number of amides is 2. The molecule has 7 heteroatoms. The Morgan fingerprint density at radius 1 is 1.00 bits per heavy atom. The molecule has 3 aliphatic rings. The first-order valence-electron chi connectivity index (χ1n) is 11.1. The van der Waals surface area contributed by atoms with Crippen LogP contribution in [-0.2, 0) is 4.79 Å². The van der Waals surface area contributed by atoms with Crippen LogP contribution in [-0.4, -0.2) is 65.5 Å². The van der Waals surface area contributed by atoms with Crippen LogP contribution >= 0.6 is 12.4 Å². The molecule has 1 N–H and O–H groups in total. The number of benzene rings is 1. The second-order valence-corrected chi connectivity index (χ2v) is 8.92. The van der Waals surface area contributed by atoms with Crippen LogP contribution in [0.4, 0.5) is 0 Å². The summed E-state index contributed by atoms with van der Waals surface area (Å²) in [6.45, 7) is 5.86. The lowest BCUT2D eigenvalue weighted by molar-refractivity contribution is -0.139. The van der Waals surface area contributed by atoms with Crippen LogP contribution in [0.1, 0.15) is 62.7 Å². The van der Waals surface area contributed by atoms with Gasteiger partial charge in [-0.25, -0.2) is 0 Å². The Kier molecular flexibility index (Phi) is 7.64. The first-order valence-corrected chi connectivity index (χ1v) is 11.1. The number of hydrogen-bond donors (Lipinski definition) is 1. The van der Waals surface area contributed by atoms with Crippen molar-refractivity contribution in [2.45, 2.75) is 76.5 Å². The third kappa shape index (κ3) is 5.09. The Bertz CT molecular complexity index is 732. The standard InChI is InChI=1S/C23H33N3O3.ClH/c1-16-4-3-5-17(2)26(16)22(27)15-29-21-10-6-18(7-11-21)23(28)25-13-12-19-8-9-20(14-25)24-19;/h6-7,10-11,16-17,19-20,24H,3-5,8-9,12-15H2,1-2H3;1H. The molecule has 0 radical (unpaired) electrons. The molecule has 4 unspecified atom stereocenters. The summed E-state index contributed by atoms with van der Waals surface area (Å²) < 4.78 is 5.73. The van der Waals surface area contributed by atoms with Crippen LogP contribution in [0.3, 0.4) is 0 Å². The topological polar surface area (TPSA) is 61.9 Å². The van der Waals surface area contributed by atoms with Gasteiger partial charge in [-0.3, -0.25) is 9.59 Å². The molecule has 1 aromatic rings. The van der Waals surface area contributed by atoms with Crippen molar-refractivity contribution >= 4 is 24.2 Å². The number of nitrogens with zero attached hydrogens (tertiary/aromatic N) is 2. The lowest BCUT2D eigenvalue weighted by atomic mass is 9.97. The van der Waals surface area contributed by atoms with Gasteiger partial charge in [0, 0.05) is 42.8 Å². The Labute approximate surface area is 185 Å². The summed E-state index contributed by atoms with van der Waals surface area (Å²) in [4.78, 5) is 29.4. The van der Waals surface area contributed by atoms with E-state index >= 15 is 0 Å². The molecule has 1 aromatic carbocycles. The number of likely N-dealkylation sites (tertiary alicyclic amines) is 2. The van der Waals surface area contributed by atoms with Crippen molar-refractivity contribution < 1.29 is 14.3 Å². The summed E-state index contributed by atoms with van der Waals surface area (Å²) in [5.74, 6) is 0.749. The fourth-order valence-corrected chi connectivity index (χ4v) is 5.14. The molecule has 30 heavy (non-hydrogen) atoms. The van der Waals surface area contributed by atoms with Crippen molar-refractivity contribution in [3.63, 3.8) is 0 Å². The number of halogens is 1. The highest BCUT2D eigenvalue weighted by molar-refractivity contribution is 5.94. The fraction of sp³-hybridized carbons (Fsp3) is 0.652. The average molecular weight is 436 g/mol. The van der Waals surface area contributed by atoms with Gasteiger partial charge in [0.05, 0.1) is 0 Å². The molecule has 4 rings (SSSR count). The molecule has 0 spiro atoms. The number of carbonyl (C=O) groups excluding carboxylic acids is 2. The van der Waals surface area contributed by atoms with Gasteiger partial charge in [0.25, 0.3) is 11.8 Å². The van der Waals surface area contributed by atoms with Crippen LogP contribution in [0.5, 0.6) is 5.75 Å². The molecular formula is C23H34ClN3O3. The Morgan fingerprint density at radius 3 is 2.37 bits per heavy atom. The van der Waals surface area contributed by atoms with E-state index in [1.165, 1.54) is 12.8 Å². The number of piperidine rings is 1. The number of carbonyl (C=O) groups is 2. The average Bonchev–Trinajstić information content (AvgIpc) is 3.05. The fourth-order valence-electron chi connectivity index (χ4n) is 5.14. The van der Waals surface area contributed by atoms with Gasteiger partial charge in [-0.1, -0.05) is 0 Å².